The fourth-order valence-corrected chi connectivity index (χ4v) is 4.40. The summed E-state index contributed by atoms with van der Waals surface area (Å²) in [5.41, 5.74) is 2.52. The molecule has 1 amide bonds. The number of sulfonamides is 1. The molecule has 0 spiro atoms. The maximum absolute atomic E-state index is 13.0. The van der Waals surface area contributed by atoms with Crippen LogP contribution in [0.4, 0.5) is 5.69 Å². The first-order chi connectivity index (χ1) is 13.1. The lowest BCUT2D eigenvalue weighted by molar-refractivity contribution is -0.122. The third-order valence-corrected chi connectivity index (χ3v) is 5.84. The van der Waals surface area contributed by atoms with E-state index in [0.29, 0.717) is 11.6 Å². The lowest BCUT2D eigenvalue weighted by Gasteiger charge is -2.30. The molecule has 0 saturated heterocycles. The molecule has 0 fully saturated rings. The minimum Gasteiger partial charge on any atom is -0.347 e. The zero-order valence-corrected chi connectivity index (χ0v) is 18.0. The van der Waals surface area contributed by atoms with Crippen molar-refractivity contribution in [3.05, 3.63) is 65.7 Å². The number of anilines is 1. The maximum atomic E-state index is 13.0. The van der Waals surface area contributed by atoms with E-state index in [1.54, 1.807) is 19.1 Å². The Morgan fingerprint density at radius 1 is 1.00 bits per heavy atom. The Bertz CT molecular complexity index is 878. The van der Waals surface area contributed by atoms with Crippen LogP contribution in [-0.4, -0.2) is 26.6 Å². The van der Waals surface area contributed by atoms with Crippen LogP contribution in [0.3, 0.4) is 0 Å². The van der Waals surface area contributed by atoms with Crippen LogP contribution in [0.15, 0.2) is 54.6 Å². The second kappa shape index (κ2) is 9.24. The van der Waals surface area contributed by atoms with Crippen LogP contribution in [0, 0.1) is 12.8 Å². The molecular weight excluding hydrogens is 372 g/mol. The van der Waals surface area contributed by atoms with E-state index < -0.39 is 16.1 Å². The lowest BCUT2D eigenvalue weighted by Crippen LogP contribution is -2.48. The van der Waals surface area contributed by atoms with Gasteiger partial charge < -0.3 is 5.32 Å². The van der Waals surface area contributed by atoms with Gasteiger partial charge in [0.25, 0.3) is 0 Å². The van der Waals surface area contributed by atoms with E-state index in [9.17, 15) is 13.2 Å². The van der Waals surface area contributed by atoms with E-state index in [2.05, 4.69) is 19.2 Å². The third kappa shape index (κ3) is 5.83. The predicted octanol–water partition coefficient (Wildman–Crippen LogP) is 4.05. The highest BCUT2D eigenvalue weighted by Crippen LogP contribution is 2.24. The lowest BCUT2D eigenvalue weighted by atomic mass is 9.96. The summed E-state index contributed by atoms with van der Waals surface area (Å²) in [4.78, 5) is 13.0. The molecule has 6 heteroatoms. The first-order valence-electron chi connectivity index (χ1n) is 9.51. The Hall–Kier alpha value is -2.34. The molecule has 0 aliphatic rings. The quantitative estimate of drug-likeness (QED) is 0.724. The molecule has 28 heavy (non-hydrogen) atoms. The van der Waals surface area contributed by atoms with Crippen molar-refractivity contribution in [2.75, 3.05) is 10.6 Å². The average molecular weight is 403 g/mol. The highest BCUT2D eigenvalue weighted by Gasteiger charge is 2.30. The molecule has 1 N–H and O–H groups in total. The van der Waals surface area contributed by atoms with Crippen LogP contribution in [-0.2, 0) is 14.8 Å². The SMILES string of the molecule is Cc1ccc(N([C@@H](C)C(=O)N[C@H](CC(C)C)c2ccccc2)S(C)(=O)=O)cc1. The van der Waals surface area contributed by atoms with E-state index in [1.165, 1.54) is 4.31 Å². The van der Waals surface area contributed by atoms with Crippen molar-refractivity contribution in [1.29, 1.82) is 0 Å². The maximum Gasteiger partial charge on any atom is 0.244 e. The van der Waals surface area contributed by atoms with Crippen molar-refractivity contribution < 1.29 is 13.2 Å². The number of benzene rings is 2. The number of nitrogens with zero attached hydrogens (tertiary/aromatic N) is 1. The van der Waals surface area contributed by atoms with Crippen molar-refractivity contribution in [2.45, 2.75) is 46.2 Å². The van der Waals surface area contributed by atoms with Gasteiger partial charge in [0, 0.05) is 0 Å². The van der Waals surface area contributed by atoms with E-state index in [1.807, 2.05) is 49.4 Å². The van der Waals surface area contributed by atoms with Gasteiger partial charge in [-0.1, -0.05) is 61.9 Å². The predicted molar refractivity (Wildman–Crippen MR) is 115 cm³/mol. The zero-order chi connectivity index (χ0) is 20.9. The van der Waals surface area contributed by atoms with Crippen molar-refractivity contribution in [1.82, 2.24) is 5.32 Å². The van der Waals surface area contributed by atoms with Gasteiger partial charge in [0.1, 0.15) is 6.04 Å². The summed E-state index contributed by atoms with van der Waals surface area (Å²) in [6.07, 6.45) is 1.89. The van der Waals surface area contributed by atoms with Gasteiger partial charge in [-0.05, 0) is 43.9 Å². The monoisotopic (exact) mass is 402 g/mol. The molecule has 0 saturated carbocycles. The molecule has 152 valence electrons. The molecule has 0 unspecified atom stereocenters. The number of aryl methyl sites for hydroxylation is 1. The van der Waals surface area contributed by atoms with Crippen LogP contribution in [0.2, 0.25) is 0 Å². The van der Waals surface area contributed by atoms with Gasteiger partial charge in [-0.3, -0.25) is 9.10 Å². The highest BCUT2D eigenvalue weighted by molar-refractivity contribution is 7.92. The Labute approximate surface area is 168 Å². The third-order valence-electron chi connectivity index (χ3n) is 4.60. The molecule has 0 heterocycles. The van der Waals surface area contributed by atoms with E-state index in [0.717, 1.165) is 23.8 Å². The molecule has 2 rings (SSSR count). The summed E-state index contributed by atoms with van der Waals surface area (Å²) in [7, 11) is -3.63. The Morgan fingerprint density at radius 2 is 1.57 bits per heavy atom. The minimum absolute atomic E-state index is 0.171. The minimum atomic E-state index is -3.63. The smallest absolute Gasteiger partial charge is 0.244 e. The van der Waals surface area contributed by atoms with Gasteiger partial charge in [-0.15, -0.1) is 0 Å². The van der Waals surface area contributed by atoms with Crippen LogP contribution >= 0.6 is 0 Å². The molecule has 0 bridgehead atoms. The van der Waals surface area contributed by atoms with Gasteiger partial charge >= 0.3 is 0 Å². The fraction of sp³-hybridized carbons (Fsp3) is 0.409. The fourth-order valence-electron chi connectivity index (χ4n) is 3.23. The van der Waals surface area contributed by atoms with Gasteiger partial charge in [0.2, 0.25) is 15.9 Å². The zero-order valence-electron chi connectivity index (χ0n) is 17.2. The average Bonchev–Trinajstić information content (AvgIpc) is 2.62. The number of rotatable bonds is 8. The van der Waals surface area contributed by atoms with Crippen LogP contribution in [0.25, 0.3) is 0 Å². The molecule has 2 atom stereocenters. The van der Waals surface area contributed by atoms with Crippen molar-refractivity contribution >= 4 is 21.6 Å². The summed E-state index contributed by atoms with van der Waals surface area (Å²) in [6, 6.07) is 15.9. The summed E-state index contributed by atoms with van der Waals surface area (Å²) in [5, 5.41) is 3.05. The standard InChI is InChI=1S/C22H30N2O3S/c1-16(2)15-21(19-9-7-6-8-10-19)23-22(25)18(4)24(28(5,26)27)20-13-11-17(3)12-14-20/h6-14,16,18,21H,15H2,1-5H3,(H,23,25)/t18-,21+/m0/s1. The molecule has 0 aliphatic heterocycles. The first kappa shape index (κ1) is 22.0. The Morgan fingerprint density at radius 3 is 2.07 bits per heavy atom. The number of carbonyl (C=O) groups is 1. The second-order valence-electron chi connectivity index (χ2n) is 7.67. The number of hydrogen-bond donors (Lipinski definition) is 1. The van der Waals surface area contributed by atoms with Crippen molar-refractivity contribution in [3.63, 3.8) is 0 Å². The van der Waals surface area contributed by atoms with Crippen molar-refractivity contribution in [3.8, 4) is 0 Å². The number of nitrogens with one attached hydrogen (secondary N) is 1. The molecule has 5 nitrogen and oxygen atoms in total. The normalized spacial score (nSPS) is 13.8. The Balaban J connectivity index is 2.29. The second-order valence-corrected chi connectivity index (χ2v) is 9.53. The van der Waals surface area contributed by atoms with Crippen LogP contribution in [0.5, 0.6) is 0 Å². The molecular formula is C22H30N2O3S. The summed E-state index contributed by atoms with van der Waals surface area (Å²) in [6.45, 7) is 7.75. The summed E-state index contributed by atoms with van der Waals surface area (Å²) >= 11 is 0. The molecule has 2 aromatic carbocycles. The molecule has 0 aromatic heterocycles. The van der Waals surface area contributed by atoms with Gasteiger partial charge in [-0.25, -0.2) is 8.42 Å². The van der Waals surface area contributed by atoms with Crippen LogP contribution in [0.1, 0.15) is 44.4 Å². The van der Waals surface area contributed by atoms with Crippen molar-refractivity contribution in [2.24, 2.45) is 5.92 Å². The topological polar surface area (TPSA) is 66.5 Å². The molecule has 0 aliphatic carbocycles. The summed E-state index contributed by atoms with van der Waals surface area (Å²) in [5.74, 6) is 0.0597. The van der Waals surface area contributed by atoms with Gasteiger partial charge in [0.05, 0.1) is 18.0 Å². The number of carbonyl (C=O) groups excluding carboxylic acids is 1. The number of hydrogen-bond acceptors (Lipinski definition) is 3. The van der Waals surface area contributed by atoms with E-state index in [-0.39, 0.29) is 11.9 Å². The van der Waals surface area contributed by atoms with E-state index >= 15 is 0 Å². The number of amides is 1. The largest absolute Gasteiger partial charge is 0.347 e. The first-order valence-corrected chi connectivity index (χ1v) is 11.4. The highest BCUT2D eigenvalue weighted by atomic mass is 32.2. The summed E-state index contributed by atoms with van der Waals surface area (Å²) < 4.78 is 26.1. The molecule has 2 aromatic rings. The Kier molecular flexibility index (Phi) is 7.24. The van der Waals surface area contributed by atoms with Gasteiger partial charge in [-0.2, -0.15) is 0 Å². The molecule has 0 radical (unpaired) electrons. The van der Waals surface area contributed by atoms with Gasteiger partial charge in [0.15, 0.2) is 0 Å². The van der Waals surface area contributed by atoms with E-state index in [4.69, 9.17) is 0 Å². The van der Waals surface area contributed by atoms with Crippen LogP contribution < -0.4 is 9.62 Å².